The van der Waals surface area contributed by atoms with Gasteiger partial charge in [-0.05, 0) is 32.1 Å². The minimum Gasteiger partial charge on any atom is -0.481 e. The number of carbonyl (C=O) groups is 5. The number of imidazole rings is 1. The smallest absolute Gasteiger partial charge is 0.306 e. The molecule has 62 heavy (non-hydrogen) atoms. The minimum atomic E-state index is -0.952. The Kier molecular flexibility index (Phi) is 39.6. The van der Waals surface area contributed by atoms with Crippen LogP contribution in [0.2, 0.25) is 0 Å². The Labute approximate surface area is 373 Å². The molecule has 1 heterocycles. The van der Waals surface area contributed by atoms with Gasteiger partial charge in [0.25, 0.3) is 0 Å². The number of rotatable bonds is 45. The van der Waals surface area contributed by atoms with Crippen molar-refractivity contribution in [1.29, 1.82) is 0 Å². The number of Topliss-reactive ketones (excluding diaryl/α,β-unsaturated/α-hetero) is 2. The van der Waals surface area contributed by atoms with Gasteiger partial charge < -0.3 is 45.4 Å². The molecule has 15 heteroatoms. The van der Waals surface area contributed by atoms with Gasteiger partial charge in [0.2, 0.25) is 11.8 Å². The van der Waals surface area contributed by atoms with Crippen molar-refractivity contribution in [2.45, 2.75) is 175 Å². The number of carboxylic acid groups (broad SMARTS) is 1. The van der Waals surface area contributed by atoms with Crippen LogP contribution in [0.1, 0.15) is 168 Å². The first-order valence-corrected chi connectivity index (χ1v) is 23.5. The number of carbonyl (C=O) groups excluding carboxylic acids is 4. The molecule has 1 aromatic rings. The summed E-state index contributed by atoms with van der Waals surface area (Å²) < 4.78 is 21.6. The molecule has 360 valence electrons. The van der Waals surface area contributed by atoms with Crippen molar-refractivity contribution in [3.05, 3.63) is 18.2 Å². The first-order chi connectivity index (χ1) is 29.6. The highest BCUT2D eigenvalue weighted by Gasteiger charge is 2.27. The third-order valence-corrected chi connectivity index (χ3v) is 10.7. The summed E-state index contributed by atoms with van der Waals surface area (Å²) in [5.41, 5.74) is 6.79. The Morgan fingerprint density at radius 3 is 1.74 bits per heavy atom. The van der Waals surface area contributed by atoms with Crippen molar-refractivity contribution in [2.75, 3.05) is 65.9 Å². The molecule has 0 spiro atoms. The van der Waals surface area contributed by atoms with Crippen LogP contribution in [0.15, 0.2) is 12.5 Å². The van der Waals surface area contributed by atoms with Gasteiger partial charge in [-0.1, -0.05) is 118 Å². The summed E-state index contributed by atoms with van der Waals surface area (Å²) in [6.07, 6.45) is 26.9. The summed E-state index contributed by atoms with van der Waals surface area (Å²) in [6.45, 7) is 6.36. The molecule has 0 saturated heterocycles. The Bertz CT molecular complexity index is 1250. The molecule has 15 nitrogen and oxygen atoms in total. The lowest BCUT2D eigenvalue weighted by Crippen LogP contribution is -2.37. The summed E-state index contributed by atoms with van der Waals surface area (Å²) in [5.74, 6) is -2.53. The minimum absolute atomic E-state index is 0. The van der Waals surface area contributed by atoms with Crippen molar-refractivity contribution in [2.24, 2.45) is 17.6 Å². The Morgan fingerprint density at radius 1 is 0.677 bits per heavy atom. The lowest BCUT2D eigenvalue weighted by molar-refractivity contribution is -0.143. The van der Waals surface area contributed by atoms with E-state index >= 15 is 0 Å². The Balaban J connectivity index is 0.0000372. The van der Waals surface area contributed by atoms with Gasteiger partial charge in [0.15, 0.2) is 5.78 Å². The van der Waals surface area contributed by atoms with E-state index < -0.39 is 23.8 Å². The van der Waals surface area contributed by atoms with E-state index in [-0.39, 0.29) is 64.5 Å². The number of H-pyrrole nitrogens is 1. The predicted molar refractivity (Wildman–Crippen MR) is 244 cm³/mol. The molecule has 2 amide bonds. The summed E-state index contributed by atoms with van der Waals surface area (Å²) in [5, 5.41) is 15.1. The third kappa shape index (κ3) is 35.2. The maximum atomic E-state index is 12.7. The number of aromatic amines is 1. The van der Waals surface area contributed by atoms with Crippen molar-refractivity contribution in [3.8, 4) is 0 Å². The van der Waals surface area contributed by atoms with E-state index in [4.69, 9.17) is 24.7 Å². The van der Waals surface area contributed by atoms with Crippen molar-refractivity contribution in [3.63, 3.8) is 0 Å². The van der Waals surface area contributed by atoms with Crippen LogP contribution in [0.5, 0.6) is 0 Å². The van der Waals surface area contributed by atoms with Crippen molar-refractivity contribution in [1.82, 2.24) is 20.6 Å². The average molecular weight is 882 g/mol. The Hall–Kier alpha value is -3.24. The second-order valence-electron chi connectivity index (χ2n) is 16.3. The highest BCUT2D eigenvalue weighted by molar-refractivity contribution is 5.86. The molecule has 0 saturated carbocycles. The Morgan fingerprint density at radius 2 is 1.19 bits per heavy atom. The topological polar surface area (TPSA) is 221 Å². The quantitative estimate of drug-likeness (QED) is 0.0408. The number of hydrogen-bond acceptors (Lipinski definition) is 11. The maximum Gasteiger partial charge on any atom is 0.306 e. The van der Waals surface area contributed by atoms with Crippen LogP contribution >= 0.6 is 0 Å². The number of unbranched alkanes of at least 4 members (excludes halogenated alkanes) is 15. The molecule has 0 aliphatic heterocycles. The SMILES string of the molecule is C.CCCCCCCCCCCCCCCCCC(=O)CCCOCCOCC(=O)NCCOCCOCC(=O)NCCCC[C@H](CC(C)C(=O)[C@@H](N)Cc1cnc[nH]1)C(=O)O. The van der Waals surface area contributed by atoms with Crippen LogP contribution in [0.3, 0.4) is 0 Å². The van der Waals surface area contributed by atoms with Gasteiger partial charge in [-0.15, -0.1) is 0 Å². The standard InChI is InChI=1S/C46H83N5O10.CH4/c1-3-4-5-6-7-8-9-10-11-12-13-14-15-16-17-22-41(52)23-20-26-58-28-30-60-36-44(54)50-25-27-59-29-31-61-35-43(53)49-24-19-18-21-39(46(56)57)32-38(2)45(55)42(47)33-40-34-48-37-51-40;/h34,37-39,42H,3-33,35-36,47H2,1-2H3,(H,48,51)(H,49,53)(H,50,54)(H,56,57);1H4/t38?,39-,42+;/m1./s1. The molecule has 0 bridgehead atoms. The molecule has 1 unspecified atom stereocenters. The molecule has 0 aromatic carbocycles. The number of ketones is 2. The van der Waals surface area contributed by atoms with E-state index in [9.17, 15) is 29.1 Å². The monoisotopic (exact) mass is 882 g/mol. The second-order valence-corrected chi connectivity index (χ2v) is 16.3. The summed E-state index contributed by atoms with van der Waals surface area (Å²) in [7, 11) is 0. The summed E-state index contributed by atoms with van der Waals surface area (Å²) in [6, 6.07) is -0.732. The molecule has 0 fully saturated rings. The first-order valence-electron chi connectivity index (χ1n) is 23.5. The van der Waals surface area contributed by atoms with E-state index in [0.29, 0.717) is 83.6 Å². The van der Waals surface area contributed by atoms with Gasteiger partial charge in [-0.3, -0.25) is 24.0 Å². The van der Waals surface area contributed by atoms with Crippen LogP contribution in [0.4, 0.5) is 0 Å². The molecule has 3 atom stereocenters. The first kappa shape index (κ1) is 58.8. The number of aromatic nitrogens is 2. The lowest BCUT2D eigenvalue weighted by Gasteiger charge is -2.19. The second kappa shape index (κ2) is 41.8. The van der Waals surface area contributed by atoms with Crippen LogP contribution < -0.4 is 16.4 Å². The molecular formula is C47H87N5O10. The van der Waals surface area contributed by atoms with Gasteiger partial charge in [-0.2, -0.15) is 0 Å². The number of ether oxygens (including phenoxy) is 4. The largest absolute Gasteiger partial charge is 0.481 e. The molecule has 1 aromatic heterocycles. The number of nitrogens with two attached hydrogens (primary N) is 1. The summed E-state index contributed by atoms with van der Waals surface area (Å²) in [4.78, 5) is 67.5. The third-order valence-electron chi connectivity index (χ3n) is 10.7. The van der Waals surface area contributed by atoms with E-state index in [0.717, 1.165) is 18.5 Å². The number of hydrogen-bond donors (Lipinski definition) is 5. The van der Waals surface area contributed by atoms with Crippen LogP contribution in [0, 0.1) is 11.8 Å². The molecule has 1 rings (SSSR count). The van der Waals surface area contributed by atoms with Crippen LogP contribution in [-0.2, 0) is 49.3 Å². The molecule has 0 radical (unpaired) electrons. The zero-order valence-electron chi connectivity index (χ0n) is 37.9. The average Bonchev–Trinajstić information content (AvgIpc) is 3.76. The lowest BCUT2D eigenvalue weighted by atomic mass is 9.86. The normalized spacial score (nSPS) is 12.6. The van der Waals surface area contributed by atoms with E-state index in [1.807, 2.05) is 0 Å². The van der Waals surface area contributed by atoms with Gasteiger partial charge in [0, 0.05) is 56.8 Å². The van der Waals surface area contributed by atoms with E-state index in [2.05, 4.69) is 27.5 Å². The zero-order valence-corrected chi connectivity index (χ0v) is 37.9. The molecule has 0 aliphatic carbocycles. The van der Waals surface area contributed by atoms with Gasteiger partial charge in [0.1, 0.15) is 19.0 Å². The fourth-order valence-corrected chi connectivity index (χ4v) is 7.05. The molecule has 0 aliphatic rings. The number of aliphatic carboxylic acids is 1. The zero-order chi connectivity index (χ0) is 44.6. The number of carboxylic acids is 1. The number of amides is 2. The van der Waals surface area contributed by atoms with Crippen LogP contribution in [0.25, 0.3) is 0 Å². The maximum absolute atomic E-state index is 12.7. The fourth-order valence-electron chi connectivity index (χ4n) is 7.05. The summed E-state index contributed by atoms with van der Waals surface area (Å²) >= 11 is 0. The van der Waals surface area contributed by atoms with Crippen molar-refractivity contribution >= 4 is 29.4 Å². The van der Waals surface area contributed by atoms with Crippen LogP contribution in [-0.4, -0.2) is 116 Å². The highest BCUT2D eigenvalue weighted by atomic mass is 16.5. The number of nitrogens with zero attached hydrogens (tertiary/aromatic N) is 1. The molecule has 6 N–H and O–H groups in total. The number of nitrogens with one attached hydrogen (secondary N) is 3. The van der Waals surface area contributed by atoms with E-state index in [1.165, 1.54) is 89.8 Å². The van der Waals surface area contributed by atoms with Gasteiger partial charge >= 0.3 is 5.97 Å². The van der Waals surface area contributed by atoms with Gasteiger partial charge in [-0.25, -0.2) is 4.98 Å². The van der Waals surface area contributed by atoms with Gasteiger partial charge in [0.05, 0.1) is 51.3 Å². The predicted octanol–water partition coefficient (Wildman–Crippen LogP) is 7.29. The van der Waals surface area contributed by atoms with E-state index in [1.54, 1.807) is 13.1 Å². The fraction of sp³-hybridized carbons (Fsp3) is 0.830. The van der Waals surface area contributed by atoms with Crippen molar-refractivity contribution < 1.29 is 48.0 Å². The molecular weight excluding hydrogens is 795 g/mol. The highest BCUT2D eigenvalue weighted by Crippen LogP contribution is 2.21.